The van der Waals surface area contributed by atoms with Gasteiger partial charge in [-0.05, 0) is 31.5 Å². The molecule has 1 saturated carbocycles. The lowest BCUT2D eigenvalue weighted by molar-refractivity contribution is -0.00446. The first-order valence-corrected chi connectivity index (χ1v) is 10.3. The molecule has 1 aromatic rings. The number of urea groups is 1. The van der Waals surface area contributed by atoms with Crippen LogP contribution >= 0.6 is 11.8 Å². The fourth-order valence-electron chi connectivity index (χ4n) is 4.48. The third-order valence-electron chi connectivity index (χ3n) is 5.75. The van der Waals surface area contributed by atoms with E-state index in [9.17, 15) is 4.79 Å². The molecular formula is C19H27N3O2S. The number of thioether (sulfide) groups is 1. The summed E-state index contributed by atoms with van der Waals surface area (Å²) in [7, 11) is 0. The van der Waals surface area contributed by atoms with Crippen molar-refractivity contribution < 1.29 is 9.53 Å². The summed E-state index contributed by atoms with van der Waals surface area (Å²) in [4.78, 5) is 14.7. The lowest BCUT2D eigenvalue weighted by atomic mass is 9.67. The topological polar surface area (TPSA) is 53.6 Å². The van der Waals surface area contributed by atoms with Crippen LogP contribution in [0.2, 0.25) is 0 Å². The molecule has 4 aliphatic rings. The molecule has 3 heterocycles. The van der Waals surface area contributed by atoms with Gasteiger partial charge in [0.2, 0.25) is 0 Å². The molecule has 2 bridgehead atoms. The summed E-state index contributed by atoms with van der Waals surface area (Å²) in [6.45, 7) is 6.95. The summed E-state index contributed by atoms with van der Waals surface area (Å²) in [5.74, 6) is 2.40. The Labute approximate surface area is 153 Å². The minimum absolute atomic E-state index is 0.0323. The molecule has 2 amide bonds. The molecule has 1 aliphatic carbocycles. The van der Waals surface area contributed by atoms with Crippen molar-refractivity contribution in [2.24, 2.45) is 0 Å². The number of carbonyl (C=O) groups is 1. The minimum atomic E-state index is -0.172. The zero-order valence-corrected chi connectivity index (χ0v) is 15.8. The number of ether oxygens (including phenoxy) is 1. The number of benzene rings is 1. The molecule has 0 aromatic heterocycles. The van der Waals surface area contributed by atoms with Crippen LogP contribution in [-0.4, -0.2) is 47.9 Å². The number of amides is 2. The Bertz CT molecular complexity index is 637. The van der Waals surface area contributed by atoms with Gasteiger partial charge in [0.1, 0.15) is 0 Å². The van der Waals surface area contributed by atoms with E-state index in [1.54, 1.807) is 0 Å². The van der Waals surface area contributed by atoms with Crippen molar-refractivity contribution in [1.29, 1.82) is 0 Å². The highest BCUT2D eigenvalue weighted by Crippen LogP contribution is 2.54. The zero-order valence-electron chi connectivity index (χ0n) is 15.0. The van der Waals surface area contributed by atoms with Crippen molar-refractivity contribution in [2.45, 2.75) is 50.5 Å². The minimum Gasteiger partial charge on any atom is -0.370 e. The van der Waals surface area contributed by atoms with Crippen LogP contribution in [0.3, 0.4) is 0 Å². The van der Waals surface area contributed by atoms with Gasteiger partial charge < -0.3 is 20.3 Å². The molecule has 25 heavy (non-hydrogen) atoms. The molecule has 5 nitrogen and oxygen atoms in total. The molecule has 4 fully saturated rings. The van der Waals surface area contributed by atoms with Crippen LogP contribution in [0.5, 0.6) is 0 Å². The van der Waals surface area contributed by atoms with Crippen LogP contribution in [0.25, 0.3) is 0 Å². The van der Waals surface area contributed by atoms with Gasteiger partial charge in [0.05, 0.1) is 17.2 Å². The number of hydrogen-bond acceptors (Lipinski definition) is 4. The van der Waals surface area contributed by atoms with E-state index >= 15 is 0 Å². The second-order valence-electron chi connectivity index (χ2n) is 7.79. The van der Waals surface area contributed by atoms with Crippen molar-refractivity contribution in [3.8, 4) is 0 Å². The third-order valence-corrected chi connectivity index (χ3v) is 6.69. The van der Waals surface area contributed by atoms with Crippen molar-refractivity contribution in [3.63, 3.8) is 0 Å². The molecule has 0 spiro atoms. The summed E-state index contributed by atoms with van der Waals surface area (Å²) in [6.07, 6.45) is 1.92. The SMILES string of the molecule is CC1OC2(C)CC1(NC(=O)NCc1ccc(N3CCSCC3)cc1)C2. The zero-order chi connectivity index (χ0) is 17.5. The monoisotopic (exact) mass is 361 g/mol. The van der Waals surface area contributed by atoms with Gasteiger partial charge in [0, 0.05) is 49.7 Å². The molecule has 3 saturated heterocycles. The number of nitrogens with zero attached hydrogens (tertiary/aromatic N) is 1. The van der Waals surface area contributed by atoms with Crippen molar-refractivity contribution in [1.82, 2.24) is 10.6 Å². The first-order valence-electron chi connectivity index (χ1n) is 9.14. The van der Waals surface area contributed by atoms with E-state index in [0.717, 1.165) is 31.5 Å². The third kappa shape index (κ3) is 3.34. The quantitative estimate of drug-likeness (QED) is 0.866. The maximum Gasteiger partial charge on any atom is 0.315 e. The molecule has 5 rings (SSSR count). The van der Waals surface area contributed by atoms with E-state index in [1.165, 1.54) is 17.2 Å². The van der Waals surface area contributed by atoms with Gasteiger partial charge in [-0.25, -0.2) is 4.79 Å². The number of anilines is 1. The average Bonchev–Trinajstić information content (AvgIpc) is 2.98. The van der Waals surface area contributed by atoms with Gasteiger partial charge in [-0.3, -0.25) is 0 Å². The Balaban J connectivity index is 1.27. The highest BCUT2D eigenvalue weighted by Gasteiger charge is 2.64. The second-order valence-corrected chi connectivity index (χ2v) is 9.02. The fraction of sp³-hybridized carbons (Fsp3) is 0.632. The Hall–Kier alpha value is -1.40. The Kier molecular flexibility index (Phi) is 4.36. The van der Waals surface area contributed by atoms with Crippen LogP contribution in [0.4, 0.5) is 10.5 Å². The van der Waals surface area contributed by atoms with Gasteiger partial charge >= 0.3 is 6.03 Å². The summed E-state index contributed by atoms with van der Waals surface area (Å²) in [5.41, 5.74) is 2.19. The number of fused-ring (bicyclic) bond motifs is 1. The number of carbonyl (C=O) groups excluding carboxylic acids is 1. The molecule has 3 aliphatic heterocycles. The van der Waals surface area contributed by atoms with Crippen LogP contribution < -0.4 is 15.5 Å². The van der Waals surface area contributed by atoms with E-state index in [2.05, 4.69) is 53.6 Å². The standard InChI is InChI=1S/C19H27N3O2S/c1-14-19(12-18(2,13-19)24-14)21-17(23)20-11-15-3-5-16(6-4-15)22-7-9-25-10-8-22/h3-6,14H,7-13H2,1-2H3,(H2,20,21,23). The van der Waals surface area contributed by atoms with E-state index in [1.807, 2.05) is 11.8 Å². The number of nitrogens with one attached hydrogen (secondary N) is 2. The van der Waals surface area contributed by atoms with Gasteiger partial charge in [-0.2, -0.15) is 11.8 Å². The maximum atomic E-state index is 12.3. The predicted molar refractivity (Wildman–Crippen MR) is 102 cm³/mol. The van der Waals surface area contributed by atoms with Crippen LogP contribution in [0, 0.1) is 0 Å². The van der Waals surface area contributed by atoms with Gasteiger partial charge in [-0.15, -0.1) is 0 Å². The largest absolute Gasteiger partial charge is 0.370 e. The number of hydrogen-bond donors (Lipinski definition) is 2. The van der Waals surface area contributed by atoms with Crippen LogP contribution in [0.1, 0.15) is 32.3 Å². The van der Waals surface area contributed by atoms with Gasteiger partial charge in [0.25, 0.3) is 0 Å². The average molecular weight is 362 g/mol. The molecule has 1 atom stereocenters. The van der Waals surface area contributed by atoms with E-state index < -0.39 is 0 Å². The highest BCUT2D eigenvalue weighted by atomic mass is 32.2. The van der Waals surface area contributed by atoms with E-state index in [4.69, 9.17) is 4.74 Å². The van der Waals surface area contributed by atoms with Crippen molar-refractivity contribution in [2.75, 3.05) is 29.5 Å². The lowest BCUT2D eigenvalue weighted by Gasteiger charge is -2.43. The van der Waals surface area contributed by atoms with E-state index in [-0.39, 0.29) is 23.3 Å². The number of rotatable bonds is 4. The van der Waals surface area contributed by atoms with Gasteiger partial charge in [0.15, 0.2) is 0 Å². The van der Waals surface area contributed by atoms with Crippen molar-refractivity contribution in [3.05, 3.63) is 29.8 Å². The molecule has 6 heteroatoms. The smallest absolute Gasteiger partial charge is 0.315 e. The maximum absolute atomic E-state index is 12.3. The summed E-state index contributed by atoms with van der Waals surface area (Å²) >= 11 is 2.02. The second kappa shape index (κ2) is 6.40. The highest BCUT2D eigenvalue weighted by molar-refractivity contribution is 7.99. The molecule has 136 valence electrons. The Morgan fingerprint density at radius 2 is 1.96 bits per heavy atom. The molecule has 1 unspecified atom stereocenters. The molecule has 1 aromatic carbocycles. The van der Waals surface area contributed by atoms with Gasteiger partial charge in [-0.1, -0.05) is 12.1 Å². The van der Waals surface area contributed by atoms with Crippen LogP contribution in [-0.2, 0) is 11.3 Å². The van der Waals surface area contributed by atoms with Crippen LogP contribution in [0.15, 0.2) is 24.3 Å². The normalized spacial score (nSPS) is 33.7. The van der Waals surface area contributed by atoms with E-state index in [0.29, 0.717) is 6.54 Å². The first kappa shape index (κ1) is 17.0. The summed E-state index contributed by atoms with van der Waals surface area (Å²) in [5, 5.41) is 6.13. The lowest BCUT2D eigenvalue weighted by Crippen LogP contribution is -2.62. The Morgan fingerprint density at radius 1 is 1.28 bits per heavy atom. The first-order chi connectivity index (χ1) is 12.0. The Morgan fingerprint density at radius 3 is 2.56 bits per heavy atom. The fourth-order valence-corrected chi connectivity index (χ4v) is 5.39. The molecule has 2 N–H and O–H groups in total. The summed E-state index contributed by atoms with van der Waals surface area (Å²) < 4.78 is 5.91. The molecular weight excluding hydrogens is 334 g/mol. The summed E-state index contributed by atoms with van der Waals surface area (Å²) in [6, 6.07) is 8.44. The van der Waals surface area contributed by atoms with Crippen molar-refractivity contribution >= 4 is 23.5 Å². The molecule has 0 radical (unpaired) electrons. The predicted octanol–water partition coefficient (Wildman–Crippen LogP) is 2.75.